The molecule has 0 aliphatic heterocycles. The SMILES string of the molecule is CCC(C)NC(=O)C(Cc1ccccc1)N(Cc1ccc(Cl)c(Cl)c1)C(=O)CCCN(c1cccc(C(F)(F)F)c1)S(C)(=O)=O. The number of halogens is 5. The summed E-state index contributed by atoms with van der Waals surface area (Å²) in [5, 5.41) is 3.56. The molecule has 0 aliphatic rings. The zero-order valence-electron chi connectivity index (χ0n) is 25.2. The molecule has 2 atom stereocenters. The number of hydrogen-bond acceptors (Lipinski definition) is 4. The number of carbonyl (C=O) groups is 2. The molecule has 13 heteroatoms. The molecule has 0 saturated carbocycles. The fourth-order valence-electron chi connectivity index (χ4n) is 4.67. The fraction of sp³-hybridized carbons (Fsp3) is 0.375. The average Bonchev–Trinajstić information content (AvgIpc) is 2.98. The van der Waals surface area contributed by atoms with Gasteiger partial charge >= 0.3 is 6.18 Å². The summed E-state index contributed by atoms with van der Waals surface area (Å²) in [5.74, 6) is -0.804. The number of benzene rings is 3. The van der Waals surface area contributed by atoms with E-state index in [9.17, 15) is 31.2 Å². The van der Waals surface area contributed by atoms with Crippen LogP contribution in [0.15, 0.2) is 72.8 Å². The summed E-state index contributed by atoms with van der Waals surface area (Å²) in [6.45, 7) is 3.53. The van der Waals surface area contributed by atoms with Gasteiger partial charge in [-0.25, -0.2) is 8.42 Å². The van der Waals surface area contributed by atoms with Crippen LogP contribution < -0.4 is 9.62 Å². The summed E-state index contributed by atoms with van der Waals surface area (Å²) in [6.07, 6.45) is -3.11. The van der Waals surface area contributed by atoms with Crippen molar-refractivity contribution in [2.75, 3.05) is 17.1 Å². The molecule has 0 heterocycles. The van der Waals surface area contributed by atoms with Crippen LogP contribution in [0.2, 0.25) is 10.0 Å². The van der Waals surface area contributed by atoms with Crippen molar-refractivity contribution in [2.45, 2.75) is 64.3 Å². The number of hydrogen-bond donors (Lipinski definition) is 1. The third-order valence-corrected chi connectivity index (χ3v) is 9.16. The summed E-state index contributed by atoms with van der Waals surface area (Å²) in [7, 11) is -3.99. The molecule has 0 aliphatic carbocycles. The van der Waals surface area contributed by atoms with E-state index < -0.39 is 33.7 Å². The topological polar surface area (TPSA) is 86.8 Å². The van der Waals surface area contributed by atoms with Gasteiger partial charge in [0.2, 0.25) is 21.8 Å². The van der Waals surface area contributed by atoms with Gasteiger partial charge in [-0.2, -0.15) is 13.2 Å². The average molecular weight is 687 g/mol. The van der Waals surface area contributed by atoms with E-state index in [4.69, 9.17) is 23.2 Å². The van der Waals surface area contributed by atoms with Gasteiger partial charge in [-0.15, -0.1) is 0 Å². The number of nitrogens with zero attached hydrogens (tertiary/aromatic N) is 2. The standard InChI is InChI=1S/C32H36Cl2F3N3O4S/c1-4-22(2)38-31(42)29(19-23-10-6-5-7-11-23)39(21-24-15-16-27(33)28(34)18-24)30(41)14-9-17-40(45(3,43)44)26-13-8-12-25(20-26)32(35,36)37/h5-8,10-13,15-16,18,20,22,29H,4,9,14,17,19,21H2,1-3H3,(H,38,42). The minimum Gasteiger partial charge on any atom is -0.352 e. The van der Waals surface area contributed by atoms with Gasteiger partial charge in [0.1, 0.15) is 6.04 Å². The number of rotatable bonds is 14. The summed E-state index contributed by atoms with van der Waals surface area (Å²) >= 11 is 12.3. The molecule has 0 radical (unpaired) electrons. The molecule has 3 rings (SSSR count). The van der Waals surface area contributed by atoms with Gasteiger partial charge in [0.05, 0.1) is 27.6 Å². The Bertz CT molecular complexity index is 1570. The highest BCUT2D eigenvalue weighted by Crippen LogP contribution is 2.32. The first-order valence-corrected chi connectivity index (χ1v) is 16.9. The smallest absolute Gasteiger partial charge is 0.352 e. The van der Waals surface area contributed by atoms with Gasteiger partial charge in [0.15, 0.2) is 0 Å². The van der Waals surface area contributed by atoms with Crippen LogP contribution in [0, 0.1) is 0 Å². The third kappa shape index (κ3) is 10.6. The van der Waals surface area contributed by atoms with Gasteiger partial charge in [0, 0.05) is 32.0 Å². The lowest BCUT2D eigenvalue weighted by molar-refractivity contribution is -0.141. The maximum atomic E-state index is 13.9. The van der Waals surface area contributed by atoms with E-state index in [1.54, 1.807) is 18.2 Å². The maximum Gasteiger partial charge on any atom is 0.416 e. The first-order chi connectivity index (χ1) is 21.1. The zero-order chi connectivity index (χ0) is 33.4. The number of sulfonamides is 1. The molecule has 0 spiro atoms. The molecule has 3 aromatic carbocycles. The van der Waals surface area contributed by atoms with E-state index in [1.165, 1.54) is 11.0 Å². The molecule has 0 bridgehead atoms. The van der Waals surface area contributed by atoms with Crippen molar-refractivity contribution in [3.05, 3.63) is 99.5 Å². The molecule has 244 valence electrons. The van der Waals surface area contributed by atoms with E-state index in [0.717, 1.165) is 34.3 Å². The van der Waals surface area contributed by atoms with Crippen LogP contribution in [-0.2, 0) is 38.8 Å². The summed E-state index contributed by atoms with van der Waals surface area (Å²) in [5.41, 5.74) is 0.284. The second kappa shape index (κ2) is 15.8. The van der Waals surface area contributed by atoms with Gasteiger partial charge in [-0.1, -0.05) is 72.6 Å². The van der Waals surface area contributed by atoms with Gasteiger partial charge in [-0.05, 0) is 61.2 Å². The largest absolute Gasteiger partial charge is 0.416 e. The maximum absolute atomic E-state index is 13.9. The number of amides is 2. The summed E-state index contributed by atoms with van der Waals surface area (Å²) in [6, 6.07) is 17.0. The number of alkyl halides is 3. The van der Waals surface area contributed by atoms with Crippen molar-refractivity contribution in [1.29, 1.82) is 0 Å². The van der Waals surface area contributed by atoms with Crippen molar-refractivity contribution in [1.82, 2.24) is 10.2 Å². The highest BCUT2D eigenvalue weighted by atomic mass is 35.5. The Morgan fingerprint density at radius 3 is 2.22 bits per heavy atom. The lowest BCUT2D eigenvalue weighted by Crippen LogP contribution is -2.52. The van der Waals surface area contributed by atoms with E-state index in [0.29, 0.717) is 17.0 Å². The Balaban J connectivity index is 1.93. The fourth-order valence-corrected chi connectivity index (χ4v) is 5.95. The first kappa shape index (κ1) is 36.2. The highest BCUT2D eigenvalue weighted by Gasteiger charge is 2.33. The van der Waals surface area contributed by atoms with Crippen LogP contribution in [0.5, 0.6) is 0 Å². The van der Waals surface area contributed by atoms with E-state index in [2.05, 4.69) is 5.32 Å². The van der Waals surface area contributed by atoms with Crippen LogP contribution in [0.25, 0.3) is 0 Å². The second-order valence-electron chi connectivity index (χ2n) is 10.8. The summed E-state index contributed by atoms with van der Waals surface area (Å²) < 4.78 is 66.1. The van der Waals surface area contributed by atoms with Crippen LogP contribution in [-0.4, -0.2) is 50.0 Å². The first-order valence-electron chi connectivity index (χ1n) is 14.3. The van der Waals surface area contributed by atoms with Gasteiger partial charge < -0.3 is 10.2 Å². The lowest BCUT2D eigenvalue weighted by atomic mass is 10.0. The predicted octanol–water partition coefficient (Wildman–Crippen LogP) is 7.11. The van der Waals surface area contributed by atoms with Crippen LogP contribution >= 0.6 is 23.2 Å². The Labute approximate surface area is 272 Å². The Morgan fingerprint density at radius 2 is 1.62 bits per heavy atom. The van der Waals surface area contributed by atoms with Crippen molar-refractivity contribution in [3.8, 4) is 0 Å². The third-order valence-electron chi connectivity index (χ3n) is 7.22. The molecule has 2 unspecified atom stereocenters. The molecule has 1 N–H and O–H groups in total. The van der Waals surface area contributed by atoms with Gasteiger partial charge in [0.25, 0.3) is 0 Å². The van der Waals surface area contributed by atoms with Crippen LogP contribution in [0.3, 0.4) is 0 Å². The zero-order valence-corrected chi connectivity index (χ0v) is 27.5. The lowest BCUT2D eigenvalue weighted by Gasteiger charge is -2.33. The minimum absolute atomic E-state index is 0.00453. The van der Waals surface area contributed by atoms with E-state index >= 15 is 0 Å². The normalized spacial score (nSPS) is 13.2. The molecule has 0 saturated heterocycles. The highest BCUT2D eigenvalue weighted by molar-refractivity contribution is 7.92. The van der Waals surface area contributed by atoms with E-state index in [-0.39, 0.29) is 55.0 Å². The van der Waals surface area contributed by atoms with Crippen LogP contribution in [0.1, 0.15) is 49.8 Å². The molecule has 7 nitrogen and oxygen atoms in total. The molecule has 2 amide bonds. The van der Waals surface area contributed by atoms with E-state index in [1.807, 2.05) is 44.2 Å². The number of carbonyl (C=O) groups excluding carboxylic acids is 2. The molecule has 0 fully saturated rings. The molecule has 45 heavy (non-hydrogen) atoms. The monoisotopic (exact) mass is 685 g/mol. The molecular formula is C32H36Cl2F3N3O4S. The second-order valence-corrected chi connectivity index (χ2v) is 13.5. The molecular weight excluding hydrogens is 650 g/mol. The Hall–Kier alpha value is -3.28. The van der Waals surface area contributed by atoms with Crippen LogP contribution in [0.4, 0.5) is 18.9 Å². The van der Waals surface area contributed by atoms with Crippen molar-refractivity contribution in [2.24, 2.45) is 0 Å². The Kier molecular flexibility index (Phi) is 12.7. The predicted molar refractivity (Wildman–Crippen MR) is 172 cm³/mol. The van der Waals surface area contributed by atoms with Crippen molar-refractivity contribution in [3.63, 3.8) is 0 Å². The van der Waals surface area contributed by atoms with Gasteiger partial charge in [-0.3, -0.25) is 13.9 Å². The Morgan fingerprint density at radius 1 is 0.933 bits per heavy atom. The summed E-state index contributed by atoms with van der Waals surface area (Å²) in [4.78, 5) is 29.0. The van der Waals surface area contributed by atoms with Crippen molar-refractivity contribution < 1.29 is 31.2 Å². The number of nitrogens with one attached hydrogen (secondary N) is 1. The molecule has 3 aromatic rings. The van der Waals surface area contributed by atoms with Crippen molar-refractivity contribution >= 4 is 50.7 Å². The quantitative estimate of drug-likeness (QED) is 0.196. The molecule has 0 aromatic heterocycles. The number of anilines is 1. The minimum atomic E-state index is -4.66.